The van der Waals surface area contributed by atoms with Gasteiger partial charge in [0.2, 0.25) is 0 Å². The number of aryl methyl sites for hydroxylation is 1. The van der Waals surface area contributed by atoms with Crippen LogP contribution in [0.15, 0.2) is 48.7 Å². The van der Waals surface area contributed by atoms with E-state index in [4.69, 9.17) is 9.47 Å². The van der Waals surface area contributed by atoms with Crippen molar-refractivity contribution in [2.24, 2.45) is 5.92 Å². The average molecular weight is 464 g/mol. The maximum absolute atomic E-state index is 14.6. The molecular formula is C26H22F2N2O4. The first-order valence-corrected chi connectivity index (χ1v) is 11.0. The zero-order valence-corrected chi connectivity index (χ0v) is 18.5. The number of rotatable bonds is 5. The predicted molar refractivity (Wildman–Crippen MR) is 120 cm³/mol. The molecule has 0 spiro atoms. The largest absolute Gasteiger partial charge is 0.490 e. The Hall–Kier alpha value is -3.81. The standard InChI is InChI=1S/C26H22F2N2O4/c1-15-20(3-2-6-29-15)17-4-5-24(23(28)9-17)33-13-16-11-30(12-16)26(32)21-8-18-7-19(31)14-34-25(18)10-22(21)27/h2-6,8-10,16H,7,11-14H2,1H3. The zero-order valence-electron chi connectivity index (χ0n) is 18.5. The van der Waals surface area contributed by atoms with E-state index in [2.05, 4.69) is 4.98 Å². The minimum Gasteiger partial charge on any atom is -0.490 e. The van der Waals surface area contributed by atoms with Crippen molar-refractivity contribution in [1.82, 2.24) is 9.88 Å². The number of halogens is 2. The minimum absolute atomic E-state index is 0.00851. The maximum Gasteiger partial charge on any atom is 0.256 e. The van der Waals surface area contributed by atoms with Gasteiger partial charge in [0.15, 0.2) is 17.3 Å². The monoisotopic (exact) mass is 464 g/mol. The highest BCUT2D eigenvalue weighted by Crippen LogP contribution is 2.30. The molecule has 0 atom stereocenters. The molecule has 6 nitrogen and oxygen atoms in total. The lowest BCUT2D eigenvalue weighted by atomic mass is 9.97. The van der Waals surface area contributed by atoms with Gasteiger partial charge < -0.3 is 14.4 Å². The summed E-state index contributed by atoms with van der Waals surface area (Å²) in [5.74, 6) is -1.26. The fourth-order valence-corrected chi connectivity index (χ4v) is 4.25. The Morgan fingerprint density at radius 2 is 2.00 bits per heavy atom. The molecule has 8 heteroatoms. The Labute approximate surface area is 195 Å². The average Bonchev–Trinajstić information content (AvgIpc) is 2.79. The van der Waals surface area contributed by atoms with Gasteiger partial charge in [0, 0.05) is 54.5 Å². The lowest BCUT2D eigenvalue weighted by Gasteiger charge is -2.39. The van der Waals surface area contributed by atoms with E-state index in [0.717, 1.165) is 22.9 Å². The van der Waals surface area contributed by atoms with Gasteiger partial charge in [-0.3, -0.25) is 14.6 Å². The van der Waals surface area contributed by atoms with Crippen molar-refractivity contribution in [3.63, 3.8) is 0 Å². The van der Waals surface area contributed by atoms with Crippen LogP contribution in [-0.2, 0) is 11.2 Å². The Morgan fingerprint density at radius 3 is 2.76 bits per heavy atom. The van der Waals surface area contributed by atoms with E-state index < -0.39 is 17.5 Å². The van der Waals surface area contributed by atoms with Crippen LogP contribution < -0.4 is 9.47 Å². The zero-order chi connectivity index (χ0) is 23.8. The van der Waals surface area contributed by atoms with Gasteiger partial charge in [-0.05, 0) is 36.8 Å². The fourth-order valence-electron chi connectivity index (χ4n) is 4.25. The summed E-state index contributed by atoms with van der Waals surface area (Å²) >= 11 is 0. The topological polar surface area (TPSA) is 68.7 Å². The van der Waals surface area contributed by atoms with Gasteiger partial charge in [-0.15, -0.1) is 0 Å². The van der Waals surface area contributed by atoms with E-state index in [1.54, 1.807) is 24.4 Å². The molecule has 3 aromatic rings. The normalized spacial score (nSPS) is 15.4. The molecule has 2 aromatic carbocycles. The third kappa shape index (κ3) is 4.23. The van der Waals surface area contributed by atoms with Crippen LogP contribution in [0.3, 0.4) is 0 Å². The van der Waals surface area contributed by atoms with Crippen molar-refractivity contribution in [3.8, 4) is 22.6 Å². The third-order valence-electron chi connectivity index (χ3n) is 6.13. The number of fused-ring (bicyclic) bond motifs is 1. The molecular weight excluding hydrogens is 442 g/mol. The Balaban J connectivity index is 1.18. The molecule has 1 amide bonds. The first-order chi connectivity index (χ1) is 16.4. The van der Waals surface area contributed by atoms with Crippen molar-refractivity contribution in [1.29, 1.82) is 0 Å². The summed E-state index contributed by atoms with van der Waals surface area (Å²) in [7, 11) is 0. The number of ketones is 1. The van der Waals surface area contributed by atoms with Gasteiger partial charge in [0.25, 0.3) is 5.91 Å². The fraction of sp³-hybridized carbons (Fsp3) is 0.269. The number of nitrogens with zero attached hydrogens (tertiary/aromatic N) is 2. The SMILES string of the molecule is Cc1ncccc1-c1ccc(OCC2CN(C(=O)c3cc4c(cc3F)OCC(=O)C4)C2)c(F)c1. The number of carbonyl (C=O) groups is 2. The molecule has 0 aliphatic carbocycles. The van der Waals surface area contributed by atoms with Crippen LogP contribution >= 0.6 is 0 Å². The van der Waals surface area contributed by atoms with Gasteiger partial charge in [0.05, 0.1) is 12.2 Å². The van der Waals surface area contributed by atoms with Crippen molar-refractivity contribution < 1.29 is 27.8 Å². The lowest BCUT2D eigenvalue weighted by molar-refractivity contribution is -0.121. The molecule has 174 valence electrons. The molecule has 5 rings (SSSR count). The Kier molecular flexibility index (Phi) is 5.73. The summed E-state index contributed by atoms with van der Waals surface area (Å²) in [6.45, 7) is 2.77. The molecule has 0 N–H and O–H groups in total. The van der Waals surface area contributed by atoms with Crippen molar-refractivity contribution in [2.75, 3.05) is 26.3 Å². The molecule has 0 bridgehead atoms. The van der Waals surface area contributed by atoms with E-state index in [-0.39, 0.29) is 42.6 Å². The first-order valence-electron chi connectivity index (χ1n) is 11.0. The second-order valence-electron chi connectivity index (χ2n) is 8.61. The van der Waals surface area contributed by atoms with Crippen LogP contribution in [0.2, 0.25) is 0 Å². The van der Waals surface area contributed by atoms with Gasteiger partial charge in [0.1, 0.15) is 18.2 Å². The molecule has 34 heavy (non-hydrogen) atoms. The van der Waals surface area contributed by atoms with Crippen LogP contribution in [0.1, 0.15) is 21.6 Å². The number of amides is 1. The molecule has 0 radical (unpaired) electrons. The molecule has 0 saturated carbocycles. The third-order valence-corrected chi connectivity index (χ3v) is 6.13. The number of hydrogen-bond donors (Lipinski definition) is 0. The number of aromatic nitrogens is 1. The summed E-state index contributed by atoms with van der Waals surface area (Å²) < 4.78 is 39.9. The molecule has 2 aliphatic heterocycles. The van der Waals surface area contributed by atoms with Gasteiger partial charge in [-0.25, -0.2) is 8.78 Å². The quantitative estimate of drug-likeness (QED) is 0.571. The second kappa shape index (κ2) is 8.85. The number of carbonyl (C=O) groups excluding carboxylic acids is 2. The van der Waals surface area contributed by atoms with Crippen LogP contribution in [0, 0.1) is 24.5 Å². The summed E-state index contributed by atoms with van der Waals surface area (Å²) in [6.07, 6.45) is 1.81. The highest BCUT2D eigenvalue weighted by atomic mass is 19.1. The van der Waals surface area contributed by atoms with Crippen molar-refractivity contribution in [2.45, 2.75) is 13.3 Å². The Bertz CT molecular complexity index is 1290. The summed E-state index contributed by atoms with van der Waals surface area (Å²) in [4.78, 5) is 30.1. The predicted octanol–water partition coefficient (Wildman–Crippen LogP) is 3.99. The molecule has 1 saturated heterocycles. The van der Waals surface area contributed by atoms with Gasteiger partial charge in [-0.2, -0.15) is 0 Å². The van der Waals surface area contributed by atoms with E-state index in [0.29, 0.717) is 24.4 Å². The van der Waals surface area contributed by atoms with Crippen LogP contribution in [-0.4, -0.2) is 47.9 Å². The number of Topliss-reactive ketones (excluding diaryl/α,β-unsaturated/α-hetero) is 1. The number of pyridine rings is 1. The molecule has 2 aliphatic rings. The maximum atomic E-state index is 14.6. The molecule has 0 unspecified atom stereocenters. The van der Waals surface area contributed by atoms with Crippen LogP contribution in [0.25, 0.3) is 11.1 Å². The first kappa shape index (κ1) is 22.0. The number of hydrogen-bond acceptors (Lipinski definition) is 5. The highest BCUT2D eigenvalue weighted by Gasteiger charge is 2.34. The summed E-state index contributed by atoms with van der Waals surface area (Å²) in [5.41, 5.74) is 2.82. The van der Waals surface area contributed by atoms with Crippen molar-refractivity contribution >= 4 is 11.7 Å². The smallest absolute Gasteiger partial charge is 0.256 e. The van der Waals surface area contributed by atoms with E-state index in [9.17, 15) is 18.4 Å². The van der Waals surface area contributed by atoms with E-state index in [1.807, 2.05) is 13.0 Å². The van der Waals surface area contributed by atoms with E-state index in [1.165, 1.54) is 17.0 Å². The molecule has 1 aromatic heterocycles. The van der Waals surface area contributed by atoms with Gasteiger partial charge >= 0.3 is 0 Å². The number of benzene rings is 2. The van der Waals surface area contributed by atoms with Gasteiger partial charge in [-0.1, -0.05) is 12.1 Å². The number of likely N-dealkylation sites (tertiary alicyclic amines) is 1. The second-order valence-corrected chi connectivity index (χ2v) is 8.61. The number of ether oxygens (including phenoxy) is 2. The van der Waals surface area contributed by atoms with Crippen LogP contribution in [0.5, 0.6) is 11.5 Å². The summed E-state index contributed by atoms with van der Waals surface area (Å²) in [5, 5.41) is 0. The highest BCUT2D eigenvalue weighted by molar-refractivity contribution is 5.96. The molecule has 1 fully saturated rings. The summed E-state index contributed by atoms with van der Waals surface area (Å²) in [6, 6.07) is 11.0. The van der Waals surface area contributed by atoms with E-state index >= 15 is 0 Å². The van der Waals surface area contributed by atoms with Crippen molar-refractivity contribution in [3.05, 3.63) is 77.1 Å². The lowest BCUT2D eigenvalue weighted by Crippen LogP contribution is -2.52. The minimum atomic E-state index is -0.677. The Morgan fingerprint density at radius 1 is 1.18 bits per heavy atom. The molecule has 3 heterocycles. The van der Waals surface area contributed by atoms with Crippen LogP contribution in [0.4, 0.5) is 8.78 Å².